The second-order valence-electron chi connectivity index (χ2n) is 7.86. The fourth-order valence-corrected chi connectivity index (χ4v) is 3.80. The number of rotatable bonds is 7. The molecular weight excluding hydrogens is 466 g/mol. The molecule has 174 valence electrons. The number of hydrogen-bond donors (Lipinski definition) is 2. The first-order valence-corrected chi connectivity index (χ1v) is 11.2. The van der Waals surface area contributed by atoms with Gasteiger partial charge >= 0.3 is 0 Å². The summed E-state index contributed by atoms with van der Waals surface area (Å²) in [5.41, 5.74) is 2.80. The molecule has 0 saturated heterocycles. The molecule has 2 aromatic carbocycles. The highest BCUT2D eigenvalue weighted by atomic mass is 35.5. The Hall–Kier alpha value is -4.43. The molecule has 5 aromatic rings. The molecule has 35 heavy (non-hydrogen) atoms. The lowest BCUT2D eigenvalue weighted by atomic mass is 10.2. The third-order valence-electron chi connectivity index (χ3n) is 5.41. The normalized spacial score (nSPS) is 10.9. The molecule has 0 fully saturated rings. The van der Waals surface area contributed by atoms with Crippen LogP contribution < -0.4 is 15.6 Å². The average Bonchev–Trinajstić information content (AvgIpc) is 3.27. The van der Waals surface area contributed by atoms with Gasteiger partial charge in [-0.2, -0.15) is 5.10 Å². The van der Waals surface area contributed by atoms with Crippen molar-refractivity contribution >= 4 is 28.4 Å². The largest absolute Gasteiger partial charge is 0.456 e. The molecule has 2 N–H and O–H groups in total. The van der Waals surface area contributed by atoms with Gasteiger partial charge in [-0.25, -0.2) is 0 Å². The molecule has 5 rings (SSSR count). The maximum absolute atomic E-state index is 12.7. The number of fused-ring (bicyclic) bond motifs is 1. The van der Waals surface area contributed by atoms with E-state index in [1.165, 1.54) is 18.5 Å². The van der Waals surface area contributed by atoms with Crippen molar-refractivity contribution < 1.29 is 9.53 Å². The van der Waals surface area contributed by atoms with Crippen LogP contribution in [0.1, 0.15) is 21.6 Å². The van der Waals surface area contributed by atoms with Crippen LogP contribution in [0.25, 0.3) is 10.9 Å². The minimum absolute atomic E-state index is 0.0572. The van der Waals surface area contributed by atoms with E-state index in [1.807, 2.05) is 36.4 Å². The van der Waals surface area contributed by atoms with Gasteiger partial charge < -0.3 is 14.6 Å². The van der Waals surface area contributed by atoms with Crippen molar-refractivity contribution in [3.63, 3.8) is 0 Å². The van der Waals surface area contributed by atoms with Gasteiger partial charge in [0.05, 0.1) is 36.1 Å². The number of hydrogen-bond acceptors (Lipinski definition) is 5. The zero-order valence-electron chi connectivity index (χ0n) is 18.4. The van der Waals surface area contributed by atoms with Gasteiger partial charge in [0.25, 0.3) is 11.5 Å². The second kappa shape index (κ2) is 9.82. The number of carbonyl (C=O) groups excluding carboxylic acids is 1. The molecule has 8 nitrogen and oxygen atoms in total. The molecule has 0 aliphatic carbocycles. The summed E-state index contributed by atoms with van der Waals surface area (Å²) in [6, 6.07) is 19.5. The fraction of sp³-hybridized carbons (Fsp3) is 0.0769. The van der Waals surface area contributed by atoms with Gasteiger partial charge in [0.2, 0.25) is 0 Å². The second-order valence-corrected chi connectivity index (χ2v) is 8.30. The zero-order valence-corrected chi connectivity index (χ0v) is 19.2. The first kappa shape index (κ1) is 22.4. The van der Waals surface area contributed by atoms with E-state index in [-0.39, 0.29) is 18.0 Å². The van der Waals surface area contributed by atoms with Gasteiger partial charge in [0.1, 0.15) is 11.5 Å². The van der Waals surface area contributed by atoms with Crippen LogP contribution in [0, 0.1) is 0 Å². The van der Waals surface area contributed by atoms with Crippen LogP contribution in [-0.2, 0) is 13.1 Å². The minimum Gasteiger partial charge on any atom is -0.456 e. The molecule has 0 aliphatic rings. The Balaban J connectivity index is 1.23. The Bertz CT molecular complexity index is 1560. The summed E-state index contributed by atoms with van der Waals surface area (Å²) in [5.74, 6) is 0.722. The summed E-state index contributed by atoms with van der Waals surface area (Å²) in [5, 5.41) is 11.5. The van der Waals surface area contributed by atoms with E-state index in [2.05, 4.69) is 20.5 Å². The summed E-state index contributed by atoms with van der Waals surface area (Å²) in [6.45, 7) is 0.699. The lowest BCUT2D eigenvalue weighted by Crippen LogP contribution is -2.23. The molecule has 3 aromatic heterocycles. The quantitative estimate of drug-likeness (QED) is 0.352. The number of carbonyl (C=O) groups is 1. The van der Waals surface area contributed by atoms with E-state index in [1.54, 1.807) is 35.0 Å². The third kappa shape index (κ3) is 5.23. The summed E-state index contributed by atoms with van der Waals surface area (Å²) in [6.07, 6.45) is 4.76. The van der Waals surface area contributed by atoms with Gasteiger partial charge in [0.15, 0.2) is 0 Å². The molecule has 9 heteroatoms. The summed E-state index contributed by atoms with van der Waals surface area (Å²) >= 11 is 6.08. The predicted molar refractivity (Wildman–Crippen MR) is 133 cm³/mol. The van der Waals surface area contributed by atoms with Crippen molar-refractivity contribution in [2.45, 2.75) is 13.1 Å². The number of pyridine rings is 2. The maximum atomic E-state index is 12.7. The average molecular weight is 486 g/mol. The summed E-state index contributed by atoms with van der Waals surface area (Å²) in [4.78, 5) is 28.7. The van der Waals surface area contributed by atoms with Crippen LogP contribution in [0.15, 0.2) is 90.1 Å². The first-order chi connectivity index (χ1) is 17.0. The van der Waals surface area contributed by atoms with Crippen LogP contribution in [0.5, 0.6) is 11.5 Å². The van der Waals surface area contributed by atoms with Crippen molar-refractivity contribution in [3.05, 3.63) is 118 Å². The molecule has 0 atom stereocenters. The molecule has 0 unspecified atom stereocenters. The number of amides is 1. The molecule has 3 heterocycles. The number of H-pyrrole nitrogens is 1. The van der Waals surface area contributed by atoms with Gasteiger partial charge in [-0.05, 0) is 48.0 Å². The predicted octanol–water partition coefficient (Wildman–Crippen LogP) is 4.54. The molecular formula is C26H20ClN5O3. The Morgan fingerprint density at radius 3 is 2.71 bits per heavy atom. The van der Waals surface area contributed by atoms with E-state index < -0.39 is 0 Å². The van der Waals surface area contributed by atoms with Gasteiger partial charge in [-0.15, -0.1) is 0 Å². The number of nitrogens with zero attached hydrogens (tertiary/aromatic N) is 3. The molecule has 0 saturated carbocycles. The Kier molecular flexibility index (Phi) is 6.28. The van der Waals surface area contributed by atoms with E-state index in [4.69, 9.17) is 16.3 Å². The highest BCUT2D eigenvalue weighted by Crippen LogP contribution is 2.23. The lowest BCUT2D eigenvalue weighted by molar-refractivity contribution is 0.0950. The number of halogens is 1. The van der Waals surface area contributed by atoms with Gasteiger partial charge in [0, 0.05) is 28.9 Å². The van der Waals surface area contributed by atoms with E-state index in [0.29, 0.717) is 34.3 Å². The minimum atomic E-state index is -0.301. The van der Waals surface area contributed by atoms with Crippen molar-refractivity contribution in [1.82, 2.24) is 25.1 Å². The first-order valence-electron chi connectivity index (χ1n) is 10.8. The van der Waals surface area contributed by atoms with E-state index in [0.717, 1.165) is 16.5 Å². The molecule has 0 radical (unpaired) electrons. The van der Waals surface area contributed by atoms with Crippen molar-refractivity contribution in [3.8, 4) is 11.5 Å². The Morgan fingerprint density at radius 2 is 1.89 bits per heavy atom. The van der Waals surface area contributed by atoms with Gasteiger partial charge in [-0.3, -0.25) is 19.7 Å². The lowest BCUT2D eigenvalue weighted by Gasteiger charge is -2.09. The monoisotopic (exact) mass is 485 g/mol. The van der Waals surface area contributed by atoms with Crippen LogP contribution in [0.2, 0.25) is 5.02 Å². The number of benzene rings is 2. The molecule has 1 amide bonds. The number of nitrogens with one attached hydrogen (secondary N) is 2. The van der Waals surface area contributed by atoms with Crippen LogP contribution in [0.3, 0.4) is 0 Å². The Morgan fingerprint density at radius 1 is 1.03 bits per heavy atom. The number of aromatic nitrogens is 4. The SMILES string of the molecule is O=C(NCc1n[nH]c2ccc(Cl)cc12)c1cncc(Oc2ccc(Cn3ccccc3=O)cc2)c1. The van der Waals surface area contributed by atoms with Crippen molar-refractivity contribution in [2.24, 2.45) is 0 Å². The third-order valence-corrected chi connectivity index (χ3v) is 5.64. The maximum Gasteiger partial charge on any atom is 0.253 e. The van der Waals surface area contributed by atoms with Crippen LogP contribution in [0.4, 0.5) is 0 Å². The van der Waals surface area contributed by atoms with Crippen LogP contribution in [-0.4, -0.2) is 25.7 Å². The molecule has 0 spiro atoms. The van der Waals surface area contributed by atoms with E-state index >= 15 is 0 Å². The smallest absolute Gasteiger partial charge is 0.253 e. The molecule has 0 bridgehead atoms. The van der Waals surface area contributed by atoms with Gasteiger partial charge in [-0.1, -0.05) is 29.8 Å². The fourth-order valence-electron chi connectivity index (χ4n) is 3.63. The summed E-state index contributed by atoms with van der Waals surface area (Å²) in [7, 11) is 0. The van der Waals surface area contributed by atoms with Crippen LogP contribution >= 0.6 is 11.6 Å². The topological polar surface area (TPSA) is 102 Å². The summed E-state index contributed by atoms with van der Waals surface area (Å²) < 4.78 is 7.50. The molecule has 0 aliphatic heterocycles. The number of ether oxygens (including phenoxy) is 1. The van der Waals surface area contributed by atoms with Crippen molar-refractivity contribution in [1.29, 1.82) is 0 Å². The van der Waals surface area contributed by atoms with Crippen molar-refractivity contribution in [2.75, 3.05) is 0 Å². The van der Waals surface area contributed by atoms with E-state index in [9.17, 15) is 9.59 Å². The Labute approximate surface area is 205 Å². The highest BCUT2D eigenvalue weighted by molar-refractivity contribution is 6.31. The standard InChI is InChI=1S/C26H20ClN5O3/c27-19-6-9-23-22(12-19)24(31-30-23)15-29-26(34)18-11-21(14-28-13-18)35-20-7-4-17(5-8-20)16-32-10-2-1-3-25(32)33/h1-14H,15-16H2,(H,29,34)(H,30,31). The highest BCUT2D eigenvalue weighted by Gasteiger charge is 2.11. The zero-order chi connectivity index (χ0) is 24.2. The number of aromatic amines is 1.